The topological polar surface area (TPSA) is 69.7 Å². The van der Waals surface area contributed by atoms with Gasteiger partial charge in [-0.15, -0.1) is 0 Å². The Morgan fingerprint density at radius 3 is 2.70 bits per heavy atom. The van der Waals surface area contributed by atoms with Gasteiger partial charge in [-0.1, -0.05) is 28.1 Å². The molecule has 2 saturated carbocycles. The maximum absolute atomic E-state index is 12.4. The Bertz CT molecular complexity index is 681. The Balaban J connectivity index is 1.40. The van der Waals surface area contributed by atoms with E-state index in [1.165, 1.54) is 0 Å². The van der Waals surface area contributed by atoms with Crippen molar-refractivity contribution in [3.05, 3.63) is 34.3 Å². The number of halogens is 1. The monoisotopic (exact) mass is 378 g/mol. The lowest BCUT2D eigenvalue weighted by molar-refractivity contribution is -0.154. The van der Waals surface area contributed by atoms with Gasteiger partial charge < -0.3 is 9.47 Å². The molecular formula is C17H15BrO5. The molecule has 1 aromatic carbocycles. The van der Waals surface area contributed by atoms with E-state index in [-0.39, 0.29) is 42.2 Å². The molecule has 6 heteroatoms. The molecule has 2 bridgehead atoms. The number of carbonyl (C=O) groups excluding carboxylic acids is 3. The summed E-state index contributed by atoms with van der Waals surface area (Å²) in [5.74, 6) is -1.46. The highest BCUT2D eigenvalue weighted by molar-refractivity contribution is 9.10. The minimum absolute atomic E-state index is 0.00838. The van der Waals surface area contributed by atoms with Gasteiger partial charge in [-0.05, 0) is 30.9 Å². The summed E-state index contributed by atoms with van der Waals surface area (Å²) in [5.41, 5.74) is 0.495. The lowest BCUT2D eigenvalue weighted by Gasteiger charge is -2.22. The molecule has 3 aliphatic rings. The standard InChI is InChI=1S/C17H15BrO5/c18-10-3-1-8(2-4-10)12(19)7-22-16(20)14-9-5-11-13(6-9)23-17(21)15(11)14/h1-4,9,11,13-15H,5-7H2/t9-,11+,13+,14-,15-/m1/s1. The Morgan fingerprint density at radius 1 is 1.22 bits per heavy atom. The zero-order valence-electron chi connectivity index (χ0n) is 12.2. The molecule has 0 aromatic heterocycles. The third-order valence-corrected chi connectivity index (χ3v) is 5.80. The van der Waals surface area contributed by atoms with Crippen molar-refractivity contribution >= 4 is 33.7 Å². The molecule has 3 fully saturated rings. The Kier molecular flexibility index (Phi) is 3.52. The molecular weight excluding hydrogens is 364 g/mol. The van der Waals surface area contributed by atoms with Gasteiger partial charge in [-0.2, -0.15) is 0 Å². The summed E-state index contributed by atoms with van der Waals surface area (Å²) in [4.78, 5) is 36.3. The summed E-state index contributed by atoms with van der Waals surface area (Å²) < 4.78 is 11.4. The van der Waals surface area contributed by atoms with Crippen LogP contribution >= 0.6 is 15.9 Å². The first-order chi connectivity index (χ1) is 11.0. The van der Waals surface area contributed by atoms with Gasteiger partial charge in [0.15, 0.2) is 12.4 Å². The second-order valence-electron chi connectivity index (χ2n) is 6.46. The number of hydrogen-bond acceptors (Lipinski definition) is 5. The van der Waals surface area contributed by atoms with Crippen molar-refractivity contribution in [1.82, 2.24) is 0 Å². The first-order valence-electron chi connectivity index (χ1n) is 7.70. The number of rotatable bonds is 4. The minimum Gasteiger partial charge on any atom is -0.462 e. The van der Waals surface area contributed by atoms with Crippen LogP contribution in [-0.4, -0.2) is 30.4 Å². The second kappa shape index (κ2) is 5.44. The van der Waals surface area contributed by atoms with Gasteiger partial charge in [0, 0.05) is 16.0 Å². The van der Waals surface area contributed by atoms with Crippen molar-refractivity contribution < 1.29 is 23.9 Å². The zero-order valence-corrected chi connectivity index (χ0v) is 13.8. The van der Waals surface area contributed by atoms with Crippen molar-refractivity contribution in [1.29, 1.82) is 0 Å². The van der Waals surface area contributed by atoms with E-state index in [4.69, 9.17) is 9.47 Å². The normalized spacial score (nSPS) is 33.6. The maximum atomic E-state index is 12.4. The first-order valence-corrected chi connectivity index (χ1v) is 8.50. The van der Waals surface area contributed by atoms with Crippen LogP contribution in [0.15, 0.2) is 28.7 Å². The van der Waals surface area contributed by atoms with Crippen molar-refractivity contribution in [2.24, 2.45) is 23.7 Å². The molecule has 4 rings (SSSR count). The molecule has 0 amide bonds. The number of ketones is 1. The van der Waals surface area contributed by atoms with Gasteiger partial charge in [0.05, 0.1) is 11.8 Å². The fraction of sp³-hybridized carbons (Fsp3) is 0.471. The third kappa shape index (κ3) is 2.40. The highest BCUT2D eigenvalue weighted by Crippen LogP contribution is 2.57. The van der Waals surface area contributed by atoms with Gasteiger partial charge >= 0.3 is 11.9 Å². The van der Waals surface area contributed by atoms with Gasteiger partial charge in [0.25, 0.3) is 0 Å². The second-order valence-corrected chi connectivity index (χ2v) is 7.38. The van der Waals surface area contributed by atoms with Crippen LogP contribution in [0, 0.1) is 23.7 Å². The largest absolute Gasteiger partial charge is 0.462 e. The first kappa shape index (κ1) is 14.9. The van der Waals surface area contributed by atoms with E-state index in [2.05, 4.69) is 15.9 Å². The summed E-state index contributed by atoms with van der Waals surface area (Å²) in [6.07, 6.45) is 1.58. The van der Waals surface area contributed by atoms with Crippen LogP contribution in [0.1, 0.15) is 23.2 Å². The lowest BCUT2D eigenvalue weighted by Crippen LogP contribution is -2.34. The molecule has 0 N–H and O–H groups in total. The summed E-state index contributed by atoms with van der Waals surface area (Å²) >= 11 is 3.30. The van der Waals surface area contributed by atoms with Crippen LogP contribution in [0.5, 0.6) is 0 Å². The summed E-state index contributed by atoms with van der Waals surface area (Å²) in [7, 11) is 0. The summed E-state index contributed by atoms with van der Waals surface area (Å²) in [5, 5.41) is 0. The number of benzene rings is 1. The van der Waals surface area contributed by atoms with E-state index < -0.39 is 11.9 Å². The summed E-state index contributed by atoms with van der Waals surface area (Å²) in [6, 6.07) is 6.88. The molecule has 0 spiro atoms. The molecule has 5 nitrogen and oxygen atoms in total. The molecule has 1 aliphatic heterocycles. The number of esters is 2. The number of fused-ring (bicyclic) bond motifs is 1. The number of carbonyl (C=O) groups is 3. The van der Waals surface area contributed by atoms with Crippen molar-refractivity contribution in [3.8, 4) is 0 Å². The molecule has 1 saturated heterocycles. The molecule has 120 valence electrons. The van der Waals surface area contributed by atoms with Crippen LogP contribution in [0.2, 0.25) is 0 Å². The van der Waals surface area contributed by atoms with E-state index in [0.29, 0.717) is 5.56 Å². The quantitative estimate of drug-likeness (QED) is 0.594. The average molecular weight is 379 g/mol. The van der Waals surface area contributed by atoms with Crippen LogP contribution in [0.3, 0.4) is 0 Å². The fourth-order valence-corrected chi connectivity index (χ4v) is 4.54. The van der Waals surface area contributed by atoms with Crippen molar-refractivity contribution in [2.45, 2.75) is 18.9 Å². The van der Waals surface area contributed by atoms with E-state index >= 15 is 0 Å². The van der Waals surface area contributed by atoms with Crippen molar-refractivity contribution in [3.63, 3.8) is 0 Å². The number of ether oxygens (including phenoxy) is 2. The molecule has 1 aromatic rings. The zero-order chi connectivity index (χ0) is 16.1. The van der Waals surface area contributed by atoms with Crippen LogP contribution in [0.4, 0.5) is 0 Å². The van der Waals surface area contributed by atoms with Crippen LogP contribution in [-0.2, 0) is 19.1 Å². The Hall–Kier alpha value is -1.69. The predicted molar refractivity (Wildman–Crippen MR) is 82.5 cm³/mol. The van der Waals surface area contributed by atoms with E-state index in [9.17, 15) is 14.4 Å². The number of hydrogen-bond donors (Lipinski definition) is 0. The SMILES string of the molecule is O=C(COC(=O)[C@@H]1[C@@H]2C[C@@H]3[C@H]1C(=O)O[C@H]3C2)c1ccc(Br)cc1. The average Bonchev–Trinajstić information content (AvgIpc) is 3.14. The van der Waals surface area contributed by atoms with Gasteiger partial charge in [0.1, 0.15) is 6.10 Å². The van der Waals surface area contributed by atoms with Gasteiger partial charge in [-0.25, -0.2) is 0 Å². The molecule has 2 aliphatic carbocycles. The minimum atomic E-state index is -0.441. The Labute approximate surface area is 141 Å². The number of Topliss-reactive ketones (excluding diaryl/α,β-unsaturated/α-hetero) is 1. The molecule has 1 heterocycles. The molecule has 23 heavy (non-hydrogen) atoms. The third-order valence-electron chi connectivity index (χ3n) is 5.27. The van der Waals surface area contributed by atoms with Gasteiger partial charge in [0.2, 0.25) is 0 Å². The van der Waals surface area contributed by atoms with Crippen LogP contribution < -0.4 is 0 Å². The highest BCUT2D eigenvalue weighted by atomic mass is 79.9. The van der Waals surface area contributed by atoms with Crippen molar-refractivity contribution in [2.75, 3.05) is 6.61 Å². The van der Waals surface area contributed by atoms with Gasteiger partial charge in [-0.3, -0.25) is 14.4 Å². The van der Waals surface area contributed by atoms with E-state index in [0.717, 1.165) is 17.3 Å². The molecule has 0 unspecified atom stereocenters. The highest BCUT2D eigenvalue weighted by Gasteiger charge is 2.64. The van der Waals surface area contributed by atoms with E-state index in [1.807, 2.05) is 0 Å². The maximum Gasteiger partial charge on any atom is 0.310 e. The smallest absolute Gasteiger partial charge is 0.310 e. The van der Waals surface area contributed by atoms with Crippen LogP contribution in [0.25, 0.3) is 0 Å². The molecule has 0 radical (unpaired) electrons. The lowest BCUT2D eigenvalue weighted by atomic mass is 9.80. The summed E-state index contributed by atoms with van der Waals surface area (Å²) in [6.45, 7) is -0.292. The Morgan fingerprint density at radius 2 is 1.96 bits per heavy atom. The molecule has 5 atom stereocenters. The fourth-order valence-electron chi connectivity index (χ4n) is 4.28. The predicted octanol–water partition coefficient (Wildman–Crippen LogP) is 2.37. The van der Waals surface area contributed by atoms with E-state index in [1.54, 1.807) is 24.3 Å².